The van der Waals surface area contributed by atoms with Crippen LogP contribution in [-0.4, -0.2) is 74.7 Å². The molecule has 2 heterocycles. The summed E-state index contributed by atoms with van der Waals surface area (Å²) in [5, 5.41) is 9.99. The zero-order valence-electron chi connectivity index (χ0n) is 23.7. The van der Waals surface area contributed by atoms with E-state index in [9.17, 15) is 27.9 Å². The molecule has 0 unspecified atom stereocenters. The monoisotopic (exact) mass is 564 g/mol. The van der Waals surface area contributed by atoms with Gasteiger partial charge in [0.15, 0.2) is 8.32 Å². The number of carboxylic acid groups (broad SMARTS) is 1. The van der Waals surface area contributed by atoms with Gasteiger partial charge in [-0.1, -0.05) is 39.8 Å². The molecule has 210 valence electrons. The summed E-state index contributed by atoms with van der Waals surface area (Å²) in [4.78, 5) is 40.9. The molecule has 0 aromatic heterocycles. The van der Waals surface area contributed by atoms with Crippen molar-refractivity contribution in [3.63, 3.8) is 0 Å². The quantitative estimate of drug-likeness (QED) is 0.354. The van der Waals surface area contributed by atoms with Gasteiger partial charge in [-0.25, -0.2) is 13.2 Å². The van der Waals surface area contributed by atoms with Crippen LogP contribution in [0, 0.1) is 11.8 Å². The third kappa shape index (κ3) is 4.73. The number of rotatable bonds is 9. The lowest BCUT2D eigenvalue weighted by Crippen LogP contribution is -2.65. The molecule has 2 aliphatic rings. The number of carboxylic acids is 1. The van der Waals surface area contributed by atoms with Crippen molar-refractivity contribution in [2.24, 2.45) is 11.8 Å². The normalized spacial score (nSPS) is 22.7. The zero-order valence-corrected chi connectivity index (χ0v) is 25.5. The van der Waals surface area contributed by atoms with Crippen LogP contribution in [0.1, 0.15) is 58.8 Å². The van der Waals surface area contributed by atoms with E-state index >= 15 is 0 Å². The third-order valence-electron chi connectivity index (χ3n) is 8.33. The summed E-state index contributed by atoms with van der Waals surface area (Å²) in [6.07, 6.45) is -0.513. The Kier molecular flexibility index (Phi) is 8.09. The molecule has 0 spiro atoms. The average Bonchev–Trinajstić information content (AvgIpc) is 3.08. The molecule has 1 saturated heterocycles. The van der Waals surface area contributed by atoms with E-state index < -0.39 is 65.6 Å². The second-order valence-electron chi connectivity index (χ2n) is 11.6. The SMILES string of the molecule is CCN(CC)C(=O)c1ccccc1S(=O)(=O)C1=C(C(=O)O)N2C(=O)[C@H]([C@@H](C)O[Si](C)(C)C(C)(C)C)[C@H]2[C@H]1C. The number of carbonyl (C=O) groups is 3. The summed E-state index contributed by atoms with van der Waals surface area (Å²) in [7, 11) is -6.69. The van der Waals surface area contributed by atoms with Crippen molar-refractivity contribution in [1.82, 2.24) is 9.80 Å². The van der Waals surface area contributed by atoms with Crippen molar-refractivity contribution >= 4 is 35.9 Å². The Morgan fingerprint density at radius 3 is 2.21 bits per heavy atom. The average molecular weight is 565 g/mol. The summed E-state index contributed by atoms with van der Waals surface area (Å²) < 4.78 is 34.6. The highest BCUT2D eigenvalue weighted by Crippen LogP contribution is 2.51. The highest BCUT2D eigenvalue weighted by molar-refractivity contribution is 7.95. The summed E-state index contributed by atoms with van der Waals surface area (Å²) in [6, 6.07) is 5.18. The van der Waals surface area contributed by atoms with Crippen LogP contribution in [0.4, 0.5) is 0 Å². The molecule has 1 aromatic carbocycles. The van der Waals surface area contributed by atoms with Crippen LogP contribution in [0.25, 0.3) is 0 Å². The molecular weight excluding hydrogens is 524 g/mol. The van der Waals surface area contributed by atoms with E-state index in [1.807, 2.05) is 0 Å². The number of hydrogen-bond acceptors (Lipinski definition) is 6. The number of fused-ring (bicyclic) bond motifs is 1. The van der Waals surface area contributed by atoms with E-state index in [1.165, 1.54) is 23.1 Å². The Morgan fingerprint density at radius 1 is 1.16 bits per heavy atom. The van der Waals surface area contributed by atoms with Gasteiger partial charge in [0, 0.05) is 19.0 Å². The Labute approximate surface area is 226 Å². The van der Waals surface area contributed by atoms with Gasteiger partial charge in [-0.05, 0) is 51.0 Å². The van der Waals surface area contributed by atoms with Crippen LogP contribution in [0.3, 0.4) is 0 Å². The molecule has 11 heteroatoms. The molecule has 1 aromatic rings. The van der Waals surface area contributed by atoms with Crippen LogP contribution in [0.15, 0.2) is 39.8 Å². The van der Waals surface area contributed by atoms with Crippen molar-refractivity contribution in [3.8, 4) is 0 Å². The van der Waals surface area contributed by atoms with E-state index in [0.717, 1.165) is 4.90 Å². The number of aliphatic carboxylic acids is 1. The molecule has 0 bridgehead atoms. The molecule has 0 aliphatic carbocycles. The third-order valence-corrected chi connectivity index (χ3v) is 15.0. The van der Waals surface area contributed by atoms with E-state index in [-0.39, 0.29) is 20.4 Å². The van der Waals surface area contributed by atoms with E-state index in [2.05, 4.69) is 33.9 Å². The number of benzene rings is 1. The summed E-state index contributed by atoms with van der Waals surface area (Å²) >= 11 is 0. The first-order valence-corrected chi connectivity index (χ1v) is 17.4. The van der Waals surface area contributed by atoms with Gasteiger partial charge in [-0.3, -0.25) is 9.59 Å². The minimum Gasteiger partial charge on any atom is -0.477 e. The number of carbonyl (C=O) groups excluding carboxylic acids is 2. The lowest BCUT2D eigenvalue weighted by Gasteiger charge is -2.50. The number of amides is 2. The minimum atomic E-state index is -4.44. The van der Waals surface area contributed by atoms with Crippen LogP contribution < -0.4 is 0 Å². The van der Waals surface area contributed by atoms with Crippen LogP contribution in [-0.2, 0) is 23.9 Å². The molecule has 1 N–H and O–H groups in total. The predicted molar refractivity (Wildman–Crippen MR) is 147 cm³/mol. The number of hydrogen-bond donors (Lipinski definition) is 1. The van der Waals surface area contributed by atoms with E-state index in [4.69, 9.17) is 4.43 Å². The first-order valence-electron chi connectivity index (χ1n) is 13.1. The van der Waals surface area contributed by atoms with Crippen LogP contribution >= 0.6 is 0 Å². The van der Waals surface area contributed by atoms with Crippen LogP contribution in [0.2, 0.25) is 18.1 Å². The van der Waals surface area contributed by atoms with Crippen molar-refractivity contribution in [3.05, 3.63) is 40.4 Å². The molecule has 2 amide bonds. The second kappa shape index (κ2) is 10.2. The lowest BCUT2D eigenvalue weighted by molar-refractivity contribution is -0.162. The van der Waals surface area contributed by atoms with Crippen LogP contribution in [0.5, 0.6) is 0 Å². The largest absolute Gasteiger partial charge is 0.477 e. The van der Waals surface area contributed by atoms with Gasteiger partial charge in [-0.15, -0.1) is 0 Å². The molecular formula is C27H40N2O7SSi. The topological polar surface area (TPSA) is 121 Å². The van der Waals surface area contributed by atoms with Gasteiger partial charge in [0.2, 0.25) is 15.7 Å². The predicted octanol–water partition coefficient (Wildman–Crippen LogP) is 4.13. The molecule has 2 aliphatic heterocycles. The molecule has 3 rings (SSSR count). The standard InChI is InChI=1S/C27H40N2O7SSi/c1-10-28(11-2)24(30)18-14-12-13-15-19(18)37(34,35)23-16(3)21-20(25(31)29(21)22(23)26(32)33)17(4)36-38(8,9)27(5,6)7/h12-17,20-21H,10-11H2,1-9H3,(H,32,33)/t16-,17-,20-,21-/m1/s1. The summed E-state index contributed by atoms with van der Waals surface area (Å²) in [5.41, 5.74) is -0.555. The highest BCUT2D eigenvalue weighted by atomic mass is 32.2. The first-order chi connectivity index (χ1) is 17.4. The molecule has 38 heavy (non-hydrogen) atoms. The van der Waals surface area contributed by atoms with E-state index in [1.54, 1.807) is 33.8 Å². The first kappa shape index (κ1) is 30.0. The highest BCUT2D eigenvalue weighted by Gasteiger charge is 2.63. The molecule has 9 nitrogen and oxygen atoms in total. The van der Waals surface area contributed by atoms with Gasteiger partial charge in [-0.2, -0.15) is 0 Å². The van der Waals surface area contributed by atoms with Crippen molar-refractivity contribution in [1.29, 1.82) is 0 Å². The maximum atomic E-state index is 14.1. The van der Waals surface area contributed by atoms with Gasteiger partial charge < -0.3 is 19.3 Å². The molecule has 4 atom stereocenters. The fourth-order valence-electron chi connectivity index (χ4n) is 5.27. The maximum Gasteiger partial charge on any atom is 0.353 e. The molecule has 1 fully saturated rings. The fourth-order valence-corrected chi connectivity index (χ4v) is 8.70. The number of nitrogens with zero attached hydrogens (tertiary/aromatic N) is 2. The number of β-lactam (4-membered cyclic amide) rings is 1. The Morgan fingerprint density at radius 2 is 1.71 bits per heavy atom. The Balaban J connectivity index is 2.08. The smallest absolute Gasteiger partial charge is 0.353 e. The van der Waals surface area contributed by atoms with Gasteiger partial charge >= 0.3 is 5.97 Å². The lowest BCUT2D eigenvalue weighted by atomic mass is 9.79. The van der Waals surface area contributed by atoms with Gasteiger partial charge in [0.25, 0.3) is 5.91 Å². The number of sulfone groups is 1. The summed E-state index contributed by atoms with van der Waals surface area (Å²) in [5.74, 6) is -3.87. The second-order valence-corrected chi connectivity index (χ2v) is 18.2. The summed E-state index contributed by atoms with van der Waals surface area (Å²) in [6.45, 7) is 18.2. The Bertz CT molecular complexity index is 1280. The van der Waals surface area contributed by atoms with Crippen molar-refractivity contribution in [2.45, 2.75) is 83.6 Å². The van der Waals surface area contributed by atoms with Gasteiger partial charge in [0.05, 0.1) is 33.4 Å². The molecule has 0 radical (unpaired) electrons. The van der Waals surface area contributed by atoms with Gasteiger partial charge in [0.1, 0.15) is 5.70 Å². The maximum absolute atomic E-state index is 14.1. The van der Waals surface area contributed by atoms with Crippen molar-refractivity contribution in [2.75, 3.05) is 13.1 Å². The molecule has 0 saturated carbocycles. The fraction of sp³-hybridized carbons (Fsp3) is 0.593. The zero-order chi connectivity index (χ0) is 29.0. The van der Waals surface area contributed by atoms with E-state index in [0.29, 0.717) is 13.1 Å². The Hall–Kier alpha value is -2.50. The van der Waals surface area contributed by atoms with Crippen molar-refractivity contribution < 1.29 is 32.3 Å². The minimum absolute atomic E-state index is 0.0209.